The molecule has 7 atom stereocenters. The van der Waals surface area contributed by atoms with Gasteiger partial charge in [0.15, 0.2) is 0 Å². The van der Waals surface area contributed by atoms with Crippen LogP contribution in [0, 0.1) is 11.8 Å². The Balaban J connectivity index is 1.35. The molecule has 49 heavy (non-hydrogen) atoms. The Morgan fingerprint density at radius 2 is 1.63 bits per heavy atom. The van der Waals surface area contributed by atoms with E-state index in [2.05, 4.69) is 5.32 Å². The molecule has 0 saturated carbocycles. The molecule has 4 aliphatic heterocycles. The number of carbonyl (C=O) groups excluding carboxylic acids is 4. The van der Waals surface area contributed by atoms with Gasteiger partial charge >= 0.3 is 5.97 Å². The number of ether oxygens (including phenoxy) is 2. The van der Waals surface area contributed by atoms with Crippen molar-refractivity contribution in [3.8, 4) is 0 Å². The van der Waals surface area contributed by atoms with Gasteiger partial charge < -0.3 is 29.7 Å². The molecular formula is C38H36ClN3O7. The first-order valence-corrected chi connectivity index (χ1v) is 16.8. The maximum absolute atomic E-state index is 15.1. The summed E-state index contributed by atoms with van der Waals surface area (Å²) in [6.45, 7) is -0.458. The summed E-state index contributed by atoms with van der Waals surface area (Å²) in [4.78, 5) is 59.9. The van der Waals surface area contributed by atoms with Crippen molar-refractivity contribution in [1.82, 2.24) is 10.2 Å². The number of hydrogen-bond acceptors (Lipinski definition) is 7. The van der Waals surface area contributed by atoms with Gasteiger partial charge in [0.1, 0.15) is 18.2 Å². The number of aliphatic hydroxyl groups is 1. The second-order valence-corrected chi connectivity index (χ2v) is 13.1. The predicted molar refractivity (Wildman–Crippen MR) is 181 cm³/mol. The van der Waals surface area contributed by atoms with E-state index in [0.29, 0.717) is 22.7 Å². The number of carbonyl (C=O) groups is 4. The minimum absolute atomic E-state index is 0.103. The molecule has 10 nitrogen and oxygen atoms in total. The third kappa shape index (κ3) is 5.94. The largest absolute Gasteiger partial charge is 0.463 e. The number of nitrogens with zero attached hydrogens (tertiary/aromatic N) is 2. The fraction of sp³-hybridized carbons (Fsp3) is 0.316. The summed E-state index contributed by atoms with van der Waals surface area (Å²) in [7, 11) is 0. The van der Waals surface area contributed by atoms with E-state index in [-0.39, 0.29) is 19.6 Å². The first kappa shape index (κ1) is 32.8. The van der Waals surface area contributed by atoms with Crippen LogP contribution < -0.4 is 10.2 Å². The Morgan fingerprint density at radius 1 is 0.918 bits per heavy atom. The highest BCUT2D eigenvalue weighted by molar-refractivity contribution is 6.30. The molecule has 2 N–H and O–H groups in total. The number of fused-ring (bicyclic) bond motifs is 2. The number of allylic oxidation sites excluding steroid dienone is 1. The van der Waals surface area contributed by atoms with Crippen molar-refractivity contribution >= 4 is 41.0 Å². The molecular weight excluding hydrogens is 646 g/mol. The molecule has 0 unspecified atom stereocenters. The van der Waals surface area contributed by atoms with E-state index in [4.69, 9.17) is 21.1 Å². The number of hydrogen-bond donors (Lipinski definition) is 2. The van der Waals surface area contributed by atoms with Crippen LogP contribution in [0.1, 0.15) is 36.1 Å². The van der Waals surface area contributed by atoms with E-state index in [9.17, 15) is 19.5 Å². The van der Waals surface area contributed by atoms with Crippen molar-refractivity contribution in [2.24, 2.45) is 11.8 Å². The highest BCUT2D eigenvalue weighted by atomic mass is 35.5. The van der Waals surface area contributed by atoms with Crippen molar-refractivity contribution < 1.29 is 33.8 Å². The monoisotopic (exact) mass is 681 g/mol. The number of anilines is 1. The zero-order valence-electron chi connectivity index (χ0n) is 26.6. The molecule has 1 spiro atoms. The van der Waals surface area contributed by atoms with Crippen LogP contribution in [0.25, 0.3) is 0 Å². The minimum Gasteiger partial charge on any atom is -0.463 e. The van der Waals surface area contributed by atoms with Gasteiger partial charge in [-0.15, -0.1) is 0 Å². The topological polar surface area (TPSA) is 125 Å². The van der Waals surface area contributed by atoms with Gasteiger partial charge in [0.2, 0.25) is 11.8 Å². The van der Waals surface area contributed by atoms with Gasteiger partial charge in [-0.05, 0) is 41.8 Å². The zero-order chi connectivity index (χ0) is 34.1. The standard InChI is InChI=1S/C38H36ClN3O7/c39-26-15-17-27(18-16-26)41-21-9-3-8-14-31(44)48-23-28(24-10-4-1-5-11-24)40-35(45)32-30-19-20-38(49-30)33(32)36(46)42(34(38)37(41)47)29(22-43)25-12-6-2-7-13-25/h1-7,9-13,15-20,28-30,32-34,43H,8,14,21-23H2,(H,40,45)/b9-3-/t28-,29-,30-,32+,33+,34-,38+/m1/s1. The number of benzene rings is 3. The molecule has 0 radical (unpaired) electrons. The van der Waals surface area contributed by atoms with Gasteiger partial charge in [-0.1, -0.05) is 96.6 Å². The highest BCUT2D eigenvalue weighted by Gasteiger charge is 2.74. The summed E-state index contributed by atoms with van der Waals surface area (Å²) in [5, 5.41) is 14.3. The van der Waals surface area contributed by atoms with E-state index in [1.165, 1.54) is 9.80 Å². The average Bonchev–Trinajstić information content (AvgIpc) is 3.77. The summed E-state index contributed by atoms with van der Waals surface area (Å²) in [6, 6.07) is 22.2. The molecule has 2 fully saturated rings. The number of esters is 1. The summed E-state index contributed by atoms with van der Waals surface area (Å²) < 4.78 is 12.2. The Kier molecular flexibility index (Phi) is 9.11. The molecule has 4 aliphatic rings. The van der Waals surface area contributed by atoms with E-state index < -0.39 is 72.0 Å². The second-order valence-electron chi connectivity index (χ2n) is 12.6. The fourth-order valence-corrected chi connectivity index (χ4v) is 7.69. The van der Waals surface area contributed by atoms with E-state index in [0.717, 1.165) is 5.56 Å². The maximum Gasteiger partial charge on any atom is 0.306 e. The first-order valence-electron chi connectivity index (χ1n) is 16.4. The predicted octanol–water partition coefficient (Wildman–Crippen LogP) is 4.31. The van der Waals surface area contributed by atoms with Crippen LogP contribution in [0.15, 0.2) is 109 Å². The first-order chi connectivity index (χ1) is 23.8. The quantitative estimate of drug-likeness (QED) is 0.304. The van der Waals surface area contributed by atoms with Crippen LogP contribution in [0.3, 0.4) is 0 Å². The van der Waals surface area contributed by atoms with E-state index in [1.54, 1.807) is 72.8 Å². The number of aliphatic hydroxyl groups excluding tert-OH is 1. The molecule has 3 aromatic rings. The average molecular weight is 682 g/mol. The number of amides is 3. The fourth-order valence-electron chi connectivity index (χ4n) is 7.57. The third-order valence-corrected chi connectivity index (χ3v) is 10.1. The van der Waals surface area contributed by atoms with E-state index >= 15 is 4.79 Å². The molecule has 3 amide bonds. The molecule has 4 heterocycles. The van der Waals surface area contributed by atoms with Crippen LogP contribution in [0.4, 0.5) is 5.69 Å². The molecule has 5 bridgehead atoms. The number of nitrogens with one attached hydrogen (secondary N) is 1. The van der Waals surface area contributed by atoms with Crippen LogP contribution >= 0.6 is 11.6 Å². The van der Waals surface area contributed by atoms with Crippen molar-refractivity contribution in [3.05, 3.63) is 125 Å². The van der Waals surface area contributed by atoms with Gasteiger partial charge in [0.25, 0.3) is 5.91 Å². The van der Waals surface area contributed by atoms with Gasteiger partial charge in [0, 0.05) is 23.7 Å². The lowest BCUT2D eigenvalue weighted by Gasteiger charge is -2.39. The lowest BCUT2D eigenvalue weighted by molar-refractivity contribution is -0.146. The number of likely N-dealkylation sites (tertiary alicyclic amines) is 1. The minimum atomic E-state index is -1.49. The summed E-state index contributed by atoms with van der Waals surface area (Å²) in [5.74, 6) is -3.87. The van der Waals surface area contributed by atoms with Crippen LogP contribution in [-0.2, 0) is 28.7 Å². The van der Waals surface area contributed by atoms with Crippen LogP contribution in [0.5, 0.6) is 0 Å². The Bertz CT molecular complexity index is 1780. The SMILES string of the molecule is O=C1CC/C=C\CN(c2ccc(Cl)cc2)C(=O)[C@H]2N([C@H](CO)c3ccccc3)C(=O)[C@@H]3[C@@H](C(=O)N[C@@H](c4ccccc4)CO1)[C@H]1C=C[C@]32O1. The van der Waals surface area contributed by atoms with Crippen molar-refractivity contribution in [3.63, 3.8) is 0 Å². The maximum atomic E-state index is 15.1. The molecule has 7 rings (SSSR count). The normalized spacial score (nSPS) is 29.8. The summed E-state index contributed by atoms with van der Waals surface area (Å²) in [5.41, 5.74) is 0.407. The summed E-state index contributed by atoms with van der Waals surface area (Å²) in [6.07, 6.45) is 6.77. The lowest BCUT2D eigenvalue weighted by Crippen LogP contribution is -2.57. The molecule has 0 aromatic heterocycles. The Hall–Kier alpha value is -4.77. The second kappa shape index (κ2) is 13.6. The van der Waals surface area contributed by atoms with Crippen molar-refractivity contribution in [2.45, 2.75) is 42.7 Å². The van der Waals surface area contributed by atoms with E-state index in [1.807, 2.05) is 36.4 Å². The third-order valence-electron chi connectivity index (χ3n) is 9.85. The molecule has 3 aromatic carbocycles. The number of rotatable bonds is 5. The van der Waals surface area contributed by atoms with Gasteiger partial charge in [-0.3, -0.25) is 19.2 Å². The van der Waals surface area contributed by atoms with Crippen LogP contribution in [0.2, 0.25) is 5.02 Å². The van der Waals surface area contributed by atoms with Gasteiger partial charge in [-0.25, -0.2) is 0 Å². The number of cyclic esters (lactones) is 1. The smallest absolute Gasteiger partial charge is 0.306 e. The van der Waals surface area contributed by atoms with Crippen molar-refractivity contribution in [1.29, 1.82) is 0 Å². The Morgan fingerprint density at radius 3 is 2.35 bits per heavy atom. The highest BCUT2D eigenvalue weighted by Crippen LogP contribution is 2.57. The lowest BCUT2D eigenvalue weighted by atomic mass is 9.74. The van der Waals surface area contributed by atoms with Crippen molar-refractivity contribution in [2.75, 3.05) is 24.7 Å². The molecule has 11 heteroatoms. The molecule has 0 aliphatic carbocycles. The summed E-state index contributed by atoms with van der Waals surface area (Å²) >= 11 is 6.21. The van der Waals surface area contributed by atoms with Gasteiger partial charge in [0.05, 0.1) is 36.6 Å². The zero-order valence-corrected chi connectivity index (χ0v) is 27.3. The molecule has 2 saturated heterocycles. The Labute approximate surface area is 288 Å². The number of halogens is 1. The van der Waals surface area contributed by atoms with Gasteiger partial charge in [-0.2, -0.15) is 0 Å². The van der Waals surface area contributed by atoms with Crippen LogP contribution in [-0.4, -0.2) is 71.2 Å². The molecule has 252 valence electrons.